The first-order valence-electron chi connectivity index (χ1n) is 13.8. The fourth-order valence-electron chi connectivity index (χ4n) is 4.51. The van der Waals surface area contributed by atoms with Crippen molar-refractivity contribution in [2.24, 2.45) is 5.73 Å². The number of benzene rings is 4. The Hall–Kier alpha value is -5.71. The number of aromatic nitrogens is 4. The fraction of sp³-hybridized carbons (Fsp3) is 0.0588. The average Bonchev–Trinajstić information content (AvgIpc) is 3.07. The highest BCUT2D eigenvalue weighted by Gasteiger charge is 2.14. The second-order valence-corrected chi connectivity index (χ2v) is 9.56. The molecule has 0 aliphatic rings. The highest BCUT2D eigenvalue weighted by atomic mass is 35.5. The van der Waals surface area contributed by atoms with E-state index in [4.69, 9.17) is 11.6 Å². The lowest BCUT2D eigenvalue weighted by Crippen LogP contribution is -2.38. The van der Waals surface area contributed by atoms with Gasteiger partial charge in [0.25, 0.3) is 11.1 Å². The zero-order valence-electron chi connectivity index (χ0n) is 24.6. The van der Waals surface area contributed by atoms with Crippen molar-refractivity contribution < 1.29 is 0 Å². The van der Waals surface area contributed by atoms with Crippen LogP contribution in [-0.2, 0) is 0 Å². The molecule has 0 aliphatic carbocycles. The molecule has 10 nitrogen and oxygen atoms in total. The summed E-state index contributed by atoms with van der Waals surface area (Å²) in [5, 5.41) is 2.99. The molecule has 2 heterocycles. The highest BCUT2D eigenvalue weighted by molar-refractivity contribution is 6.29. The molecule has 0 unspecified atom stereocenters. The molecular weight excluding hydrogens is 592 g/mol. The van der Waals surface area contributed by atoms with Gasteiger partial charge in [0.2, 0.25) is 0 Å². The fourth-order valence-corrected chi connectivity index (χ4v) is 4.77. The Balaban J connectivity index is 0.000000194. The lowest BCUT2D eigenvalue weighted by molar-refractivity contribution is 0.802. The molecule has 0 saturated heterocycles. The predicted octanol–water partition coefficient (Wildman–Crippen LogP) is 4.25. The van der Waals surface area contributed by atoms with Gasteiger partial charge in [0.05, 0.1) is 22.7 Å². The van der Waals surface area contributed by atoms with Crippen LogP contribution in [0.4, 0.5) is 5.82 Å². The molecule has 4 aromatic carbocycles. The maximum atomic E-state index is 12.9. The van der Waals surface area contributed by atoms with Crippen LogP contribution in [0.3, 0.4) is 0 Å². The van der Waals surface area contributed by atoms with E-state index in [0.29, 0.717) is 28.6 Å². The molecule has 0 radical (unpaired) electrons. The zero-order valence-corrected chi connectivity index (χ0v) is 25.3. The maximum Gasteiger partial charge on any atom is 0.341 e. The third kappa shape index (κ3) is 7.10. The molecule has 45 heavy (non-hydrogen) atoms. The van der Waals surface area contributed by atoms with Gasteiger partial charge in [-0.25, -0.2) is 23.3 Å². The van der Waals surface area contributed by atoms with E-state index in [1.54, 1.807) is 79.8 Å². The molecule has 3 N–H and O–H groups in total. The number of nitrogens with one attached hydrogen (secondary N) is 1. The van der Waals surface area contributed by atoms with Crippen LogP contribution in [0.2, 0.25) is 5.15 Å². The van der Waals surface area contributed by atoms with Crippen molar-refractivity contribution in [1.82, 2.24) is 18.3 Å². The number of hydrogen-bond acceptors (Lipinski definition) is 6. The number of nitrogens with zero attached hydrogens (tertiary/aromatic N) is 4. The second kappa shape index (κ2) is 15.1. The number of halogens is 1. The molecule has 11 heteroatoms. The van der Waals surface area contributed by atoms with Crippen molar-refractivity contribution in [2.75, 3.05) is 19.4 Å². The van der Waals surface area contributed by atoms with E-state index in [2.05, 4.69) is 11.1 Å². The summed E-state index contributed by atoms with van der Waals surface area (Å²) in [5.41, 5.74) is 5.13. The van der Waals surface area contributed by atoms with Gasteiger partial charge in [0.15, 0.2) is 0 Å². The number of nitrogens with two attached hydrogens (primary N) is 1. The molecule has 0 fully saturated rings. The Labute approximate surface area is 263 Å². The van der Waals surface area contributed by atoms with E-state index < -0.39 is 16.9 Å². The summed E-state index contributed by atoms with van der Waals surface area (Å²) in [6, 6.07) is 38.5. The lowest BCUT2D eigenvalue weighted by Gasteiger charge is -2.15. The minimum atomic E-state index is -0.495. The molecule has 0 amide bonds. The van der Waals surface area contributed by atoms with Crippen LogP contribution >= 0.6 is 11.6 Å². The van der Waals surface area contributed by atoms with E-state index in [9.17, 15) is 19.2 Å². The zero-order chi connectivity index (χ0) is 32.3. The van der Waals surface area contributed by atoms with Crippen LogP contribution in [0.5, 0.6) is 0 Å². The SMILES string of the molecule is CN.CNc1cc(=O)n(-c2ccccc2)c(=O)n1-c1ccccc1.O=c1cc(Cl)n(-c2ccccc2)c(=O)n1-c1ccccc1. The number of para-hydroxylation sites is 4. The number of rotatable bonds is 5. The summed E-state index contributed by atoms with van der Waals surface area (Å²) >= 11 is 6.08. The first kappa shape index (κ1) is 32.2. The average molecular weight is 623 g/mol. The Morgan fingerprint density at radius 3 is 1.18 bits per heavy atom. The van der Waals surface area contributed by atoms with E-state index in [0.717, 1.165) is 9.13 Å². The molecule has 0 bridgehead atoms. The Morgan fingerprint density at radius 2 is 0.800 bits per heavy atom. The minimum absolute atomic E-state index is 0.0865. The lowest BCUT2D eigenvalue weighted by atomic mass is 10.3. The van der Waals surface area contributed by atoms with Crippen molar-refractivity contribution in [3.63, 3.8) is 0 Å². The minimum Gasteiger partial charge on any atom is -0.374 e. The largest absolute Gasteiger partial charge is 0.374 e. The van der Waals surface area contributed by atoms with Crippen molar-refractivity contribution >= 4 is 17.4 Å². The summed E-state index contributed by atoms with van der Waals surface area (Å²) < 4.78 is 5.04. The third-order valence-electron chi connectivity index (χ3n) is 6.48. The summed E-state index contributed by atoms with van der Waals surface area (Å²) in [4.78, 5) is 49.9. The first-order chi connectivity index (χ1) is 21.9. The van der Waals surface area contributed by atoms with Gasteiger partial charge in [-0.3, -0.25) is 14.2 Å². The molecule has 228 valence electrons. The van der Waals surface area contributed by atoms with Crippen LogP contribution in [0.1, 0.15) is 0 Å². The van der Waals surface area contributed by atoms with E-state index in [-0.39, 0.29) is 10.7 Å². The van der Waals surface area contributed by atoms with Gasteiger partial charge in [-0.1, -0.05) is 84.4 Å². The van der Waals surface area contributed by atoms with E-state index in [1.165, 1.54) is 28.3 Å². The third-order valence-corrected chi connectivity index (χ3v) is 6.76. The smallest absolute Gasteiger partial charge is 0.341 e. The highest BCUT2D eigenvalue weighted by Crippen LogP contribution is 2.13. The summed E-state index contributed by atoms with van der Waals surface area (Å²) in [7, 11) is 3.18. The van der Waals surface area contributed by atoms with E-state index >= 15 is 0 Å². The van der Waals surface area contributed by atoms with E-state index in [1.807, 2.05) is 48.5 Å². The van der Waals surface area contributed by atoms with Crippen molar-refractivity contribution in [3.05, 3.63) is 180 Å². The second-order valence-electron chi connectivity index (χ2n) is 9.17. The monoisotopic (exact) mass is 622 g/mol. The molecule has 0 atom stereocenters. The van der Waals surface area contributed by atoms with Gasteiger partial charge in [-0.05, 0) is 55.6 Å². The molecule has 0 aliphatic heterocycles. The molecule has 2 aromatic heterocycles. The van der Waals surface area contributed by atoms with Crippen LogP contribution < -0.4 is 33.5 Å². The Kier molecular flexibility index (Phi) is 10.8. The van der Waals surface area contributed by atoms with Crippen LogP contribution in [0.25, 0.3) is 22.7 Å². The molecule has 0 spiro atoms. The Morgan fingerprint density at radius 1 is 0.489 bits per heavy atom. The van der Waals surface area contributed by atoms with Crippen molar-refractivity contribution in [2.45, 2.75) is 0 Å². The molecular formula is C34H31ClN6O4. The van der Waals surface area contributed by atoms with Crippen LogP contribution in [0.15, 0.2) is 153 Å². The summed E-state index contributed by atoms with van der Waals surface area (Å²) in [5.74, 6) is 0.452. The summed E-state index contributed by atoms with van der Waals surface area (Å²) in [6.45, 7) is 0. The van der Waals surface area contributed by atoms with Crippen LogP contribution in [0, 0.1) is 0 Å². The topological polar surface area (TPSA) is 126 Å². The molecule has 6 aromatic rings. The number of anilines is 1. The van der Waals surface area contributed by atoms with Gasteiger partial charge in [0.1, 0.15) is 11.0 Å². The van der Waals surface area contributed by atoms with Gasteiger partial charge < -0.3 is 11.1 Å². The Bertz CT molecular complexity index is 2090. The first-order valence-corrected chi connectivity index (χ1v) is 14.2. The summed E-state index contributed by atoms with van der Waals surface area (Å²) in [6.07, 6.45) is 0. The maximum absolute atomic E-state index is 12.9. The normalized spacial score (nSPS) is 10.1. The molecule has 6 rings (SSSR count). The van der Waals surface area contributed by atoms with Gasteiger partial charge >= 0.3 is 11.4 Å². The standard InChI is InChI=1S/C17H15N3O2.C16H11ClN2O2.CH5N/c1-18-15-12-16(21)20(14-10-6-3-7-11-14)17(22)19(15)13-8-4-2-5-9-13;17-14-11-15(20)19(13-9-5-2-6-10-13)16(21)18(14)12-7-3-1-4-8-12;1-2/h2-12,18H,1H3;1-11H;2H2,1H3. The van der Waals surface area contributed by atoms with Crippen molar-refractivity contribution in [1.29, 1.82) is 0 Å². The molecule has 0 saturated carbocycles. The quantitative estimate of drug-likeness (QED) is 0.277. The predicted molar refractivity (Wildman–Crippen MR) is 180 cm³/mol. The number of hydrogen-bond donors (Lipinski definition) is 2. The van der Waals surface area contributed by atoms with Crippen LogP contribution in [-0.4, -0.2) is 32.4 Å². The van der Waals surface area contributed by atoms with Gasteiger partial charge in [0, 0.05) is 19.2 Å². The van der Waals surface area contributed by atoms with Crippen molar-refractivity contribution in [3.8, 4) is 22.7 Å². The van der Waals surface area contributed by atoms with Gasteiger partial charge in [-0.2, -0.15) is 0 Å². The van der Waals surface area contributed by atoms with Gasteiger partial charge in [-0.15, -0.1) is 0 Å².